The molecule has 0 radical (unpaired) electrons. The highest BCUT2D eigenvalue weighted by molar-refractivity contribution is 5.93. The van der Waals surface area contributed by atoms with Crippen molar-refractivity contribution in [2.75, 3.05) is 6.61 Å². The molecule has 0 saturated carbocycles. The van der Waals surface area contributed by atoms with Crippen molar-refractivity contribution >= 4 is 11.9 Å². The number of aliphatic carboxylic acids is 1. The van der Waals surface area contributed by atoms with Crippen molar-refractivity contribution in [2.24, 2.45) is 0 Å². The Bertz CT molecular complexity index is 693. The second-order valence-corrected chi connectivity index (χ2v) is 4.65. The molecule has 1 aromatic heterocycles. The number of benzene rings is 1. The second-order valence-electron chi connectivity index (χ2n) is 4.65. The van der Waals surface area contributed by atoms with Crippen LogP contribution in [-0.4, -0.2) is 28.2 Å². The zero-order valence-corrected chi connectivity index (χ0v) is 12.2. The molecule has 1 atom stereocenters. The number of hydrogen-bond donors (Lipinski definition) is 1. The summed E-state index contributed by atoms with van der Waals surface area (Å²) in [6.45, 7) is 3.18. The maximum atomic E-state index is 12.1. The molecular weight excluding hydrogens is 288 g/mol. The van der Waals surface area contributed by atoms with Gasteiger partial charge in [0.05, 0.1) is 6.61 Å². The highest BCUT2D eigenvalue weighted by Crippen LogP contribution is 2.26. The minimum absolute atomic E-state index is 0.118. The van der Waals surface area contributed by atoms with Gasteiger partial charge in [-0.25, -0.2) is 18.9 Å². The number of rotatable bonds is 5. The molecule has 1 aromatic carbocycles. The van der Waals surface area contributed by atoms with Crippen molar-refractivity contribution in [2.45, 2.75) is 19.9 Å². The fourth-order valence-corrected chi connectivity index (χ4v) is 2.14. The van der Waals surface area contributed by atoms with Crippen LogP contribution in [0.15, 0.2) is 36.7 Å². The van der Waals surface area contributed by atoms with E-state index >= 15 is 0 Å². The topological polar surface area (TPSA) is 95.5 Å². The van der Waals surface area contributed by atoms with E-state index in [0.29, 0.717) is 10.3 Å². The van der Waals surface area contributed by atoms with Crippen molar-refractivity contribution in [3.63, 3.8) is 0 Å². The average molecular weight is 304 g/mol. The summed E-state index contributed by atoms with van der Waals surface area (Å²) in [6.07, 6.45) is 1.05. The van der Waals surface area contributed by atoms with Crippen molar-refractivity contribution in [3.8, 4) is 11.3 Å². The van der Waals surface area contributed by atoms with Crippen molar-refractivity contribution in [1.29, 1.82) is 0 Å². The van der Waals surface area contributed by atoms with E-state index in [-0.39, 0.29) is 18.0 Å². The molecule has 0 fully saturated rings. The lowest BCUT2D eigenvalue weighted by atomic mass is 10.1. The standard InChI is InChI=1S/C15H16N2O5/c1-3-22-15(20)13-12(11-7-5-4-6-8-11)16(9-17(13)21)10(2)14(18)19/h4-10H,3H2,1-2H3,(H,18,19). The van der Waals surface area contributed by atoms with Gasteiger partial charge in [0, 0.05) is 5.56 Å². The van der Waals surface area contributed by atoms with Crippen LogP contribution in [0, 0.1) is 5.21 Å². The molecule has 7 heteroatoms. The molecule has 2 rings (SSSR count). The molecule has 116 valence electrons. The minimum atomic E-state index is -1.11. The first kappa shape index (κ1) is 15.6. The number of imidazole rings is 1. The van der Waals surface area contributed by atoms with Crippen LogP contribution in [0.3, 0.4) is 0 Å². The molecule has 0 aliphatic carbocycles. The van der Waals surface area contributed by atoms with Crippen LogP contribution in [0.2, 0.25) is 0 Å². The summed E-state index contributed by atoms with van der Waals surface area (Å²) in [4.78, 5) is 23.3. The normalized spacial score (nSPS) is 11.9. The molecule has 2 aromatic rings. The fourth-order valence-electron chi connectivity index (χ4n) is 2.14. The maximum absolute atomic E-state index is 12.1. The lowest BCUT2D eigenvalue weighted by molar-refractivity contribution is -0.607. The van der Waals surface area contributed by atoms with Gasteiger partial charge in [-0.2, -0.15) is 0 Å². The van der Waals surface area contributed by atoms with Crippen LogP contribution in [0.4, 0.5) is 0 Å². The first-order chi connectivity index (χ1) is 10.5. The lowest BCUT2D eigenvalue weighted by Crippen LogP contribution is -2.32. The maximum Gasteiger partial charge on any atom is 0.383 e. The smallest absolute Gasteiger partial charge is 0.383 e. The van der Waals surface area contributed by atoms with E-state index in [4.69, 9.17) is 4.74 Å². The Kier molecular flexibility index (Phi) is 4.45. The molecule has 1 N–H and O–H groups in total. The molecule has 7 nitrogen and oxygen atoms in total. The number of esters is 1. The molecular formula is C15H16N2O5. The highest BCUT2D eigenvalue weighted by atomic mass is 16.5. The molecule has 1 heterocycles. The Morgan fingerprint density at radius 3 is 2.55 bits per heavy atom. The molecule has 0 amide bonds. The van der Waals surface area contributed by atoms with E-state index in [9.17, 15) is 19.9 Å². The highest BCUT2D eigenvalue weighted by Gasteiger charge is 2.33. The van der Waals surface area contributed by atoms with E-state index in [1.165, 1.54) is 11.5 Å². The van der Waals surface area contributed by atoms with Crippen molar-refractivity contribution in [3.05, 3.63) is 47.6 Å². The van der Waals surface area contributed by atoms with E-state index in [2.05, 4.69) is 0 Å². The quantitative estimate of drug-likeness (QED) is 0.514. The van der Waals surface area contributed by atoms with Gasteiger partial charge in [0.25, 0.3) is 5.69 Å². The van der Waals surface area contributed by atoms with Gasteiger partial charge < -0.3 is 15.1 Å². The van der Waals surface area contributed by atoms with Crippen molar-refractivity contribution < 1.29 is 24.2 Å². The number of carboxylic acid groups (broad SMARTS) is 1. The minimum Gasteiger partial charge on any atom is -0.710 e. The van der Waals surface area contributed by atoms with Gasteiger partial charge in [0.15, 0.2) is 11.7 Å². The number of carbonyl (C=O) groups is 2. The predicted molar refractivity (Wildman–Crippen MR) is 77.1 cm³/mol. The van der Waals surface area contributed by atoms with Crippen LogP contribution in [-0.2, 0) is 9.53 Å². The molecule has 0 aliphatic heterocycles. The zero-order chi connectivity index (χ0) is 16.3. The number of carbonyl (C=O) groups excluding carboxylic acids is 1. The van der Waals surface area contributed by atoms with Crippen LogP contribution in [0.1, 0.15) is 30.4 Å². The fraction of sp³-hybridized carbons (Fsp3) is 0.267. The van der Waals surface area contributed by atoms with Gasteiger partial charge >= 0.3 is 11.9 Å². The average Bonchev–Trinajstić information content (AvgIpc) is 2.84. The van der Waals surface area contributed by atoms with Crippen LogP contribution < -0.4 is 4.73 Å². The Balaban J connectivity index is 2.69. The molecule has 0 saturated heterocycles. The van der Waals surface area contributed by atoms with E-state index < -0.39 is 18.0 Å². The summed E-state index contributed by atoms with van der Waals surface area (Å²) >= 11 is 0. The third-order valence-corrected chi connectivity index (χ3v) is 3.22. The number of aromatic nitrogens is 2. The monoisotopic (exact) mass is 304 g/mol. The van der Waals surface area contributed by atoms with Gasteiger partial charge in [0.1, 0.15) is 0 Å². The van der Waals surface area contributed by atoms with Gasteiger partial charge in [0.2, 0.25) is 6.33 Å². The second kappa shape index (κ2) is 6.30. The molecule has 22 heavy (non-hydrogen) atoms. The summed E-state index contributed by atoms with van der Waals surface area (Å²) in [5, 5.41) is 21.3. The van der Waals surface area contributed by atoms with Gasteiger partial charge in [-0.3, -0.25) is 0 Å². The SMILES string of the molecule is CCOC(=O)c1c(-c2ccccc2)n(C(C)C(=O)O)c[n+]1[O-]. The van der Waals surface area contributed by atoms with Crippen LogP contribution >= 0.6 is 0 Å². The first-order valence-electron chi connectivity index (χ1n) is 6.76. The van der Waals surface area contributed by atoms with Gasteiger partial charge in [-0.15, -0.1) is 0 Å². The zero-order valence-electron chi connectivity index (χ0n) is 12.2. The summed E-state index contributed by atoms with van der Waals surface area (Å²) < 4.78 is 6.51. The number of carboxylic acids is 1. The Morgan fingerprint density at radius 2 is 2.00 bits per heavy atom. The molecule has 0 aliphatic rings. The van der Waals surface area contributed by atoms with E-state index in [0.717, 1.165) is 6.33 Å². The third kappa shape index (κ3) is 2.78. The first-order valence-corrected chi connectivity index (χ1v) is 6.76. The number of ether oxygens (including phenoxy) is 1. The molecule has 0 spiro atoms. The molecule has 1 unspecified atom stereocenters. The van der Waals surface area contributed by atoms with E-state index in [1.807, 2.05) is 0 Å². The van der Waals surface area contributed by atoms with E-state index in [1.54, 1.807) is 37.3 Å². The Labute approximate surface area is 127 Å². The molecule has 0 bridgehead atoms. The predicted octanol–water partition coefficient (Wildman–Crippen LogP) is 1.61. The van der Waals surface area contributed by atoms with Gasteiger partial charge in [-0.05, 0) is 13.8 Å². The Morgan fingerprint density at radius 1 is 1.36 bits per heavy atom. The Hall–Kier alpha value is -2.83. The van der Waals surface area contributed by atoms with Crippen molar-refractivity contribution in [1.82, 2.24) is 4.57 Å². The number of hydrogen-bond acceptors (Lipinski definition) is 4. The number of nitrogens with zero attached hydrogens (tertiary/aromatic N) is 2. The lowest BCUT2D eigenvalue weighted by Gasteiger charge is -2.07. The third-order valence-electron chi connectivity index (χ3n) is 3.22. The van der Waals surface area contributed by atoms with Crippen LogP contribution in [0.5, 0.6) is 0 Å². The largest absolute Gasteiger partial charge is 0.710 e. The van der Waals surface area contributed by atoms with Crippen LogP contribution in [0.25, 0.3) is 11.3 Å². The summed E-state index contributed by atoms with van der Waals surface area (Å²) in [5.74, 6) is -1.89. The van der Waals surface area contributed by atoms with Gasteiger partial charge in [-0.1, -0.05) is 30.3 Å². The summed E-state index contributed by atoms with van der Waals surface area (Å²) in [6, 6.07) is 7.65. The summed E-state index contributed by atoms with van der Waals surface area (Å²) in [7, 11) is 0. The summed E-state index contributed by atoms with van der Waals surface area (Å²) in [5.41, 5.74) is 0.568.